The first-order valence-electron chi connectivity index (χ1n) is 8.05. The lowest BCUT2D eigenvalue weighted by Gasteiger charge is -2.12. The Bertz CT molecular complexity index is 659. The Labute approximate surface area is 170 Å². The van der Waals surface area contributed by atoms with E-state index in [-0.39, 0.29) is 29.8 Å². The summed E-state index contributed by atoms with van der Waals surface area (Å²) >= 11 is 1.72. The molecule has 0 spiro atoms. The van der Waals surface area contributed by atoms with Gasteiger partial charge in [0.25, 0.3) is 0 Å². The van der Waals surface area contributed by atoms with Crippen LogP contribution in [0.4, 0.5) is 4.39 Å². The zero-order valence-corrected chi connectivity index (χ0v) is 18.0. The quantitative estimate of drug-likeness (QED) is 0.363. The monoisotopic (exact) mass is 476 g/mol. The fourth-order valence-electron chi connectivity index (χ4n) is 2.28. The molecule has 0 saturated heterocycles. The number of aliphatic imine (C=N–C) groups is 1. The maximum absolute atomic E-state index is 13.8. The molecule has 1 aromatic carbocycles. The molecule has 0 aliphatic carbocycles. The van der Waals surface area contributed by atoms with Crippen molar-refractivity contribution in [1.29, 1.82) is 0 Å². The summed E-state index contributed by atoms with van der Waals surface area (Å²) in [5.41, 5.74) is 1.70. The van der Waals surface area contributed by atoms with E-state index >= 15 is 0 Å². The molecular weight excluding hydrogens is 450 g/mol. The van der Waals surface area contributed by atoms with E-state index in [1.807, 2.05) is 38.1 Å². The molecule has 4 nitrogen and oxygen atoms in total. The number of guanidine groups is 1. The largest absolute Gasteiger partial charge is 0.357 e. The third-order valence-electron chi connectivity index (χ3n) is 3.37. The molecule has 0 fully saturated rings. The topological polar surface area (TPSA) is 39.7 Å². The predicted molar refractivity (Wildman–Crippen MR) is 115 cm³/mol. The van der Waals surface area contributed by atoms with Gasteiger partial charge in [-0.1, -0.05) is 12.1 Å². The summed E-state index contributed by atoms with van der Waals surface area (Å²) < 4.78 is 13.8. The SMILES string of the molecule is CCNC(=NCc1ccc(F)c(CN(C)C)c1)NCc1cccs1.I. The molecular formula is C18H26FIN4S. The Balaban J connectivity index is 0.00000312. The van der Waals surface area contributed by atoms with Crippen LogP contribution in [0.3, 0.4) is 0 Å². The van der Waals surface area contributed by atoms with Crippen molar-refractivity contribution in [3.8, 4) is 0 Å². The van der Waals surface area contributed by atoms with Gasteiger partial charge in [0.2, 0.25) is 0 Å². The third-order valence-corrected chi connectivity index (χ3v) is 4.25. The zero-order chi connectivity index (χ0) is 17.4. The summed E-state index contributed by atoms with van der Waals surface area (Å²) in [5.74, 6) is 0.601. The van der Waals surface area contributed by atoms with Crippen LogP contribution in [0.15, 0.2) is 40.7 Å². The van der Waals surface area contributed by atoms with Gasteiger partial charge in [-0.05, 0) is 50.2 Å². The summed E-state index contributed by atoms with van der Waals surface area (Å²) in [7, 11) is 3.87. The first kappa shape index (κ1) is 21.9. The molecule has 0 saturated carbocycles. The zero-order valence-electron chi connectivity index (χ0n) is 14.9. The summed E-state index contributed by atoms with van der Waals surface area (Å²) in [6.07, 6.45) is 0. The molecule has 0 amide bonds. The summed E-state index contributed by atoms with van der Waals surface area (Å²) in [4.78, 5) is 7.81. The van der Waals surface area contributed by atoms with Crippen molar-refractivity contribution in [2.24, 2.45) is 4.99 Å². The average molecular weight is 476 g/mol. The molecule has 0 unspecified atom stereocenters. The first-order valence-corrected chi connectivity index (χ1v) is 8.93. The van der Waals surface area contributed by atoms with Crippen molar-refractivity contribution in [3.05, 3.63) is 57.5 Å². The van der Waals surface area contributed by atoms with Crippen molar-refractivity contribution in [2.75, 3.05) is 20.6 Å². The number of halogens is 2. The molecule has 2 rings (SSSR count). The molecule has 1 aromatic heterocycles. The molecule has 0 atom stereocenters. The van der Waals surface area contributed by atoms with Gasteiger partial charge in [-0.3, -0.25) is 0 Å². The highest BCUT2D eigenvalue weighted by Gasteiger charge is 2.05. The van der Waals surface area contributed by atoms with Crippen LogP contribution in [0, 0.1) is 5.82 Å². The van der Waals surface area contributed by atoms with Crippen molar-refractivity contribution >= 4 is 41.3 Å². The highest BCUT2D eigenvalue weighted by atomic mass is 127. The van der Waals surface area contributed by atoms with E-state index in [4.69, 9.17) is 0 Å². The average Bonchev–Trinajstić information content (AvgIpc) is 3.06. The van der Waals surface area contributed by atoms with Crippen LogP contribution in [0.1, 0.15) is 22.9 Å². The summed E-state index contributed by atoms with van der Waals surface area (Å²) in [6.45, 7) is 4.68. The van der Waals surface area contributed by atoms with E-state index in [1.54, 1.807) is 17.4 Å². The van der Waals surface area contributed by atoms with Crippen LogP contribution >= 0.6 is 35.3 Å². The molecule has 1 heterocycles. The van der Waals surface area contributed by atoms with E-state index < -0.39 is 0 Å². The molecule has 25 heavy (non-hydrogen) atoms. The number of benzene rings is 1. The smallest absolute Gasteiger partial charge is 0.191 e. The van der Waals surface area contributed by atoms with Gasteiger partial charge in [0, 0.05) is 23.5 Å². The number of thiophene rings is 1. The van der Waals surface area contributed by atoms with Gasteiger partial charge in [-0.2, -0.15) is 0 Å². The molecule has 0 aliphatic heterocycles. The second-order valence-electron chi connectivity index (χ2n) is 5.79. The van der Waals surface area contributed by atoms with Crippen molar-refractivity contribution in [2.45, 2.75) is 26.6 Å². The maximum atomic E-state index is 13.8. The van der Waals surface area contributed by atoms with Gasteiger partial charge in [0.15, 0.2) is 5.96 Å². The first-order chi connectivity index (χ1) is 11.6. The highest BCUT2D eigenvalue weighted by Crippen LogP contribution is 2.13. The van der Waals surface area contributed by atoms with Crippen LogP contribution in [0.25, 0.3) is 0 Å². The minimum atomic E-state index is -0.167. The van der Waals surface area contributed by atoms with Crippen LogP contribution in [0.5, 0.6) is 0 Å². The van der Waals surface area contributed by atoms with Crippen molar-refractivity contribution in [1.82, 2.24) is 15.5 Å². The lowest BCUT2D eigenvalue weighted by Crippen LogP contribution is -2.36. The van der Waals surface area contributed by atoms with E-state index in [2.05, 4.69) is 27.1 Å². The normalized spacial score (nSPS) is 11.3. The number of nitrogens with one attached hydrogen (secondary N) is 2. The predicted octanol–water partition coefficient (Wildman–Crippen LogP) is 3.82. The standard InChI is InChI=1S/C18H25FN4S.HI/c1-4-20-18(22-12-16-6-5-9-24-16)21-11-14-7-8-17(19)15(10-14)13-23(2)3;/h5-10H,4,11-13H2,1-3H3,(H2,20,21,22);1H. The highest BCUT2D eigenvalue weighted by molar-refractivity contribution is 14.0. The lowest BCUT2D eigenvalue weighted by atomic mass is 10.1. The van der Waals surface area contributed by atoms with Crippen LogP contribution < -0.4 is 10.6 Å². The third kappa shape index (κ3) is 7.70. The number of nitrogens with zero attached hydrogens (tertiary/aromatic N) is 2. The summed E-state index contributed by atoms with van der Waals surface area (Å²) in [6, 6.07) is 9.34. The molecule has 0 aliphatic rings. The van der Waals surface area contributed by atoms with Crippen LogP contribution in [-0.2, 0) is 19.6 Å². The number of rotatable bonds is 7. The van der Waals surface area contributed by atoms with Crippen LogP contribution in [0.2, 0.25) is 0 Å². The summed E-state index contributed by atoms with van der Waals surface area (Å²) in [5, 5.41) is 8.61. The minimum Gasteiger partial charge on any atom is -0.357 e. The fourth-order valence-corrected chi connectivity index (χ4v) is 2.93. The maximum Gasteiger partial charge on any atom is 0.191 e. The minimum absolute atomic E-state index is 0. The Morgan fingerprint density at radius 1 is 1.24 bits per heavy atom. The van der Waals surface area contributed by atoms with E-state index in [9.17, 15) is 4.39 Å². The van der Waals surface area contributed by atoms with Crippen molar-refractivity contribution in [3.63, 3.8) is 0 Å². The number of hydrogen-bond donors (Lipinski definition) is 2. The molecule has 0 radical (unpaired) electrons. The molecule has 2 N–H and O–H groups in total. The van der Waals surface area contributed by atoms with E-state index in [0.29, 0.717) is 18.7 Å². The van der Waals surface area contributed by atoms with E-state index in [1.165, 1.54) is 10.9 Å². The van der Waals surface area contributed by atoms with E-state index in [0.717, 1.165) is 24.6 Å². The Morgan fingerprint density at radius 3 is 2.68 bits per heavy atom. The molecule has 138 valence electrons. The van der Waals surface area contributed by atoms with Gasteiger partial charge in [-0.15, -0.1) is 35.3 Å². The second-order valence-corrected chi connectivity index (χ2v) is 6.82. The second kappa shape index (κ2) is 11.4. The Morgan fingerprint density at radius 2 is 2.04 bits per heavy atom. The molecule has 0 bridgehead atoms. The number of hydrogen-bond acceptors (Lipinski definition) is 3. The van der Waals surface area contributed by atoms with Gasteiger partial charge in [-0.25, -0.2) is 9.38 Å². The Hall–Kier alpha value is -1.19. The van der Waals surface area contributed by atoms with Gasteiger partial charge in [0.1, 0.15) is 5.82 Å². The van der Waals surface area contributed by atoms with Gasteiger partial charge >= 0.3 is 0 Å². The van der Waals surface area contributed by atoms with Gasteiger partial charge < -0.3 is 15.5 Å². The molecule has 7 heteroatoms. The molecule has 2 aromatic rings. The fraction of sp³-hybridized carbons (Fsp3) is 0.389. The van der Waals surface area contributed by atoms with Crippen molar-refractivity contribution < 1.29 is 4.39 Å². The van der Waals surface area contributed by atoms with Gasteiger partial charge in [0.05, 0.1) is 13.1 Å². The van der Waals surface area contributed by atoms with Crippen LogP contribution in [-0.4, -0.2) is 31.5 Å². The lowest BCUT2D eigenvalue weighted by molar-refractivity contribution is 0.392. The Kier molecular flexibility index (Phi) is 9.99.